The number of rotatable bonds is 6. The lowest BCUT2D eigenvalue weighted by Crippen LogP contribution is -2.58. The number of nitrogens with zero attached hydrogens (tertiary/aromatic N) is 1. The molecule has 1 N–H and O–H groups in total. The van der Waals surface area contributed by atoms with Crippen LogP contribution in [0.1, 0.15) is 52.5 Å². The van der Waals surface area contributed by atoms with Gasteiger partial charge in [0.15, 0.2) is 0 Å². The molecule has 0 radical (unpaired) electrons. The Kier molecular flexibility index (Phi) is 6.10. The molecule has 21 heavy (non-hydrogen) atoms. The summed E-state index contributed by atoms with van der Waals surface area (Å²) in [4.78, 5) is 2.64. The van der Waals surface area contributed by atoms with Crippen LogP contribution in [0.5, 0.6) is 0 Å². The summed E-state index contributed by atoms with van der Waals surface area (Å²) in [7, 11) is 0. The maximum Gasteiger partial charge on any atom is 0.0438 e. The third-order valence-electron chi connectivity index (χ3n) is 4.65. The molecule has 1 fully saturated rings. The third kappa shape index (κ3) is 4.23. The van der Waals surface area contributed by atoms with Crippen LogP contribution < -0.4 is 10.2 Å². The van der Waals surface area contributed by atoms with Crippen molar-refractivity contribution in [2.45, 2.75) is 65.5 Å². The van der Waals surface area contributed by atoms with Crippen LogP contribution in [0.3, 0.4) is 0 Å². The van der Waals surface area contributed by atoms with E-state index in [1.807, 2.05) is 0 Å². The molecule has 1 saturated heterocycles. The Morgan fingerprint density at radius 1 is 1.14 bits per heavy atom. The van der Waals surface area contributed by atoms with Gasteiger partial charge < -0.3 is 10.2 Å². The first-order valence-corrected chi connectivity index (χ1v) is 8.74. The van der Waals surface area contributed by atoms with Crippen molar-refractivity contribution in [3.8, 4) is 0 Å². The molecule has 0 aliphatic carbocycles. The summed E-state index contributed by atoms with van der Waals surface area (Å²) in [5, 5.41) is 3.74. The van der Waals surface area contributed by atoms with E-state index in [2.05, 4.69) is 62.2 Å². The van der Waals surface area contributed by atoms with E-state index in [4.69, 9.17) is 0 Å². The van der Waals surface area contributed by atoms with Gasteiger partial charge in [-0.05, 0) is 36.5 Å². The van der Waals surface area contributed by atoms with E-state index >= 15 is 0 Å². The van der Waals surface area contributed by atoms with Gasteiger partial charge in [0.2, 0.25) is 0 Å². The number of nitrogens with one attached hydrogen (secondary N) is 1. The van der Waals surface area contributed by atoms with Crippen LogP contribution in [0.25, 0.3) is 0 Å². The highest BCUT2D eigenvalue weighted by molar-refractivity contribution is 5.49. The number of aryl methyl sites for hydroxylation is 1. The lowest BCUT2D eigenvalue weighted by molar-refractivity contribution is 0.327. The number of hydrogen-bond acceptors (Lipinski definition) is 2. The molecule has 0 aromatic heterocycles. The van der Waals surface area contributed by atoms with Gasteiger partial charge in [-0.3, -0.25) is 0 Å². The minimum Gasteiger partial charge on any atom is -0.365 e. The second-order valence-electron chi connectivity index (χ2n) is 6.77. The molecule has 1 aliphatic heterocycles. The second-order valence-corrected chi connectivity index (χ2v) is 6.77. The molecule has 1 aromatic rings. The zero-order valence-corrected chi connectivity index (χ0v) is 14.2. The van der Waals surface area contributed by atoms with E-state index in [-0.39, 0.29) is 0 Å². The van der Waals surface area contributed by atoms with E-state index in [0.29, 0.717) is 18.0 Å². The summed E-state index contributed by atoms with van der Waals surface area (Å²) >= 11 is 0. The van der Waals surface area contributed by atoms with Crippen LogP contribution in [0.2, 0.25) is 0 Å². The van der Waals surface area contributed by atoms with Crippen molar-refractivity contribution < 1.29 is 0 Å². The Labute approximate surface area is 130 Å². The maximum absolute atomic E-state index is 3.74. The topological polar surface area (TPSA) is 15.3 Å². The first-order valence-electron chi connectivity index (χ1n) is 8.74. The van der Waals surface area contributed by atoms with Crippen molar-refractivity contribution in [3.05, 3.63) is 29.8 Å². The summed E-state index contributed by atoms with van der Waals surface area (Å²) in [6, 6.07) is 10.5. The fraction of sp³-hybridized carbons (Fsp3) is 0.684. The van der Waals surface area contributed by atoms with Gasteiger partial charge in [0, 0.05) is 30.9 Å². The average molecular weight is 288 g/mol. The molecule has 118 valence electrons. The van der Waals surface area contributed by atoms with E-state index in [0.717, 1.165) is 13.1 Å². The van der Waals surface area contributed by atoms with E-state index in [1.54, 1.807) is 0 Å². The number of benzene rings is 1. The van der Waals surface area contributed by atoms with Crippen molar-refractivity contribution in [3.63, 3.8) is 0 Å². The van der Waals surface area contributed by atoms with Crippen LogP contribution in [-0.4, -0.2) is 25.2 Å². The fourth-order valence-electron chi connectivity index (χ4n) is 3.41. The van der Waals surface area contributed by atoms with Crippen LogP contribution in [0, 0.1) is 5.92 Å². The lowest BCUT2D eigenvalue weighted by atomic mass is 9.96. The monoisotopic (exact) mass is 288 g/mol. The highest BCUT2D eigenvalue weighted by Gasteiger charge is 2.29. The summed E-state index contributed by atoms with van der Waals surface area (Å²) in [5.74, 6) is 0.676. The summed E-state index contributed by atoms with van der Waals surface area (Å²) < 4.78 is 0. The van der Waals surface area contributed by atoms with Crippen LogP contribution >= 0.6 is 0 Å². The summed E-state index contributed by atoms with van der Waals surface area (Å²) in [6.45, 7) is 11.5. The molecule has 1 aliphatic rings. The van der Waals surface area contributed by atoms with Crippen molar-refractivity contribution in [2.75, 3.05) is 18.0 Å². The molecule has 0 bridgehead atoms. The molecule has 2 nitrogen and oxygen atoms in total. The zero-order valence-electron chi connectivity index (χ0n) is 14.2. The SMILES string of the molecule is CCCc1ccc(N2CC(CCC)NCC2C(C)C)cc1. The molecular formula is C19H32N2. The molecule has 2 heteroatoms. The standard InChI is InChI=1S/C19H32N2/c1-5-7-16-9-11-18(12-10-16)21-14-17(8-6-2)20-13-19(21)15(3)4/h9-12,15,17,19-20H,5-8,13-14H2,1-4H3. The van der Waals surface area contributed by atoms with E-state index < -0.39 is 0 Å². The van der Waals surface area contributed by atoms with Crippen LogP contribution in [0.4, 0.5) is 5.69 Å². The van der Waals surface area contributed by atoms with Crippen LogP contribution in [-0.2, 0) is 6.42 Å². The van der Waals surface area contributed by atoms with E-state index in [1.165, 1.54) is 36.9 Å². The highest BCUT2D eigenvalue weighted by atomic mass is 15.2. The zero-order chi connectivity index (χ0) is 15.2. The normalized spacial score (nSPS) is 22.8. The maximum atomic E-state index is 3.74. The quantitative estimate of drug-likeness (QED) is 0.842. The first-order chi connectivity index (χ1) is 10.2. The summed E-state index contributed by atoms with van der Waals surface area (Å²) in [6.07, 6.45) is 4.94. The van der Waals surface area contributed by atoms with Crippen molar-refractivity contribution >= 4 is 5.69 Å². The molecule has 1 heterocycles. The van der Waals surface area contributed by atoms with Gasteiger partial charge in [-0.1, -0.05) is 52.7 Å². The van der Waals surface area contributed by atoms with Gasteiger partial charge in [-0.15, -0.1) is 0 Å². The Morgan fingerprint density at radius 3 is 2.43 bits per heavy atom. The smallest absolute Gasteiger partial charge is 0.0438 e. The van der Waals surface area contributed by atoms with Gasteiger partial charge in [-0.2, -0.15) is 0 Å². The third-order valence-corrected chi connectivity index (χ3v) is 4.65. The van der Waals surface area contributed by atoms with Crippen LogP contribution in [0.15, 0.2) is 24.3 Å². The molecular weight excluding hydrogens is 256 g/mol. The fourth-order valence-corrected chi connectivity index (χ4v) is 3.41. The molecule has 2 rings (SSSR count). The lowest BCUT2D eigenvalue weighted by Gasteiger charge is -2.44. The molecule has 2 atom stereocenters. The Bertz CT molecular complexity index is 410. The molecule has 0 saturated carbocycles. The first kappa shape index (κ1) is 16.4. The molecule has 0 amide bonds. The minimum atomic E-state index is 0.607. The number of anilines is 1. The minimum absolute atomic E-state index is 0.607. The van der Waals surface area contributed by atoms with Gasteiger partial charge in [0.1, 0.15) is 0 Å². The molecule has 1 aromatic carbocycles. The Hall–Kier alpha value is -1.02. The number of piperazine rings is 1. The Morgan fingerprint density at radius 2 is 1.86 bits per heavy atom. The molecule has 2 unspecified atom stereocenters. The highest BCUT2D eigenvalue weighted by Crippen LogP contribution is 2.25. The van der Waals surface area contributed by atoms with Gasteiger partial charge in [-0.25, -0.2) is 0 Å². The second kappa shape index (κ2) is 7.84. The number of hydrogen-bond donors (Lipinski definition) is 1. The molecule has 0 spiro atoms. The Balaban J connectivity index is 2.14. The summed E-state index contributed by atoms with van der Waals surface area (Å²) in [5.41, 5.74) is 2.86. The average Bonchev–Trinajstić information content (AvgIpc) is 2.48. The van der Waals surface area contributed by atoms with Crippen molar-refractivity contribution in [2.24, 2.45) is 5.92 Å². The predicted molar refractivity (Wildman–Crippen MR) is 93.1 cm³/mol. The van der Waals surface area contributed by atoms with Crippen molar-refractivity contribution in [1.29, 1.82) is 0 Å². The largest absolute Gasteiger partial charge is 0.365 e. The van der Waals surface area contributed by atoms with E-state index in [9.17, 15) is 0 Å². The van der Waals surface area contributed by atoms with Gasteiger partial charge in [0.05, 0.1) is 0 Å². The predicted octanol–water partition coefficient (Wildman–Crippen LogP) is 4.24. The van der Waals surface area contributed by atoms with Gasteiger partial charge >= 0.3 is 0 Å². The van der Waals surface area contributed by atoms with Crippen molar-refractivity contribution in [1.82, 2.24) is 5.32 Å². The van der Waals surface area contributed by atoms with Gasteiger partial charge in [0.25, 0.3) is 0 Å².